The second-order valence-electron chi connectivity index (χ2n) is 5.76. The predicted octanol–water partition coefficient (Wildman–Crippen LogP) is 4.88. The van der Waals surface area contributed by atoms with E-state index in [2.05, 4.69) is 27.1 Å². The smallest absolute Gasteiger partial charge is 0.0730 e. The van der Waals surface area contributed by atoms with Crippen molar-refractivity contribution >= 4 is 11.1 Å². The maximum Gasteiger partial charge on any atom is 0.0730 e. The van der Waals surface area contributed by atoms with Crippen LogP contribution in [0.25, 0.3) is 11.1 Å². The Bertz CT molecular complexity index is 828. The van der Waals surface area contributed by atoms with Gasteiger partial charge >= 0.3 is 0 Å². The third-order valence-corrected chi connectivity index (χ3v) is 4.08. The topological polar surface area (TPSA) is 38.7 Å². The molecule has 26 heavy (non-hydrogen) atoms. The van der Waals surface area contributed by atoms with Crippen LogP contribution >= 0.6 is 0 Å². The van der Waals surface area contributed by atoms with Crippen LogP contribution in [0, 0.1) is 0 Å². The molecule has 0 aliphatic carbocycles. The highest BCUT2D eigenvalue weighted by Crippen LogP contribution is 2.34. The molecular formula is C23H17N3. The third kappa shape index (κ3) is 3.28. The lowest BCUT2D eigenvalue weighted by atomic mass is 9.92. The Morgan fingerprint density at radius 3 is 1.27 bits per heavy atom. The minimum absolute atomic E-state index is 0.871. The summed E-state index contributed by atoms with van der Waals surface area (Å²) >= 11 is 0. The van der Waals surface area contributed by atoms with E-state index in [0.717, 1.165) is 33.8 Å². The van der Waals surface area contributed by atoms with Crippen molar-refractivity contribution in [1.82, 2.24) is 15.0 Å². The van der Waals surface area contributed by atoms with Gasteiger partial charge in [0.1, 0.15) is 0 Å². The first-order valence-corrected chi connectivity index (χ1v) is 8.47. The largest absolute Gasteiger partial charge is 0.256 e. The fourth-order valence-corrected chi connectivity index (χ4v) is 2.94. The molecule has 124 valence electrons. The lowest BCUT2D eigenvalue weighted by Gasteiger charge is -2.15. The van der Waals surface area contributed by atoms with Gasteiger partial charge < -0.3 is 0 Å². The second kappa shape index (κ2) is 7.53. The van der Waals surface area contributed by atoms with E-state index in [1.807, 2.05) is 79.0 Å². The fraction of sp³-hybridized carbons (Fsp3) is 0. The molecule has 0 saturated carbocycles. The molecule has 0 unspecified atom stereocenters. The van der Waals surface area contributed by atoms with Gasteiger partial charge in [0.2, 0.25) is 0 Å². The second-order valence-corrected chi connectivity index (χ2v) is 5.76. The van der Waals surface area contributed by atoms with Crippen LogP contribution in [-0.2, 0) is 0 Å². The molecule has 0 bridgehead atoms. The van der Waals surface area contributed by atoms with Gasteiger partial charge in [0.15, 0.2) is 0 Å². The summed E-state index contributed by atoms with van der Waals surface area (Å²) in [5.74, 6) is 0. The van der Waals surface area contributed by atoms with Gasteiger partial charge in [-0.25, -0.2) is 0 Å². The van der Waals surface area contributed by atoms with Crippen molar-refractivity contribution in [2.45, 2.75) is 0 Å². The van der Waals surface area contributed by atoms with E-state index in [-0.39, 0.29) is 0 Å². The van der Waals surface area contributed by atoms with Crippen LogP contribution in [0.15, 0.2) is 104 Å². The Balaban J connectivity index is 2.09. The summed E-state index contributed by atoms with van der Waals surface area (Å²) in [6.07, 6.45) is 5.42. The van der Waals surface area contributed by atoms with Crippen LogP contribution < -0.4 is 0 Å². The number of hydrogen-bond donors (Lipinski definition) is 0. The number of aromatic nitrogens is 3. The van der Waals surface area contributed by atoms with E-state index < -0.39 is 0 Å². The molecule has 1 aromatic carbocycles. The van der Waals surface area contributed by atoms with Gasteiger partial charge in [0, 0.05) is 29.7 Å². The lowest BCUT2D eigenvalue weighted by Crippen LogP contribution is -2.01. The molecule has 3 nitrogen and oxygen atoms in total. The average molecular weight is 335 g/mol. The van der Waals surface area contributed by atoms with E-state index >= 15 is 0 Å². The zero-order valence-corrected chi connectivity index (χ0v) is 14.2. The first-order chi connectivity index (χ1) is 12.9. The van der Waals surface area contributed by atoms with Gasteiger partial charge in [-0.3, -0.25) is 15.0 Å². The fourth-order valence-electron chi connectivity index (χ4n) is 2.94. The van der Waals surface area contributed by atoms with Crippen molar-refractivity contribution in [2.75, 3.05) is 0 Å². The van der Waals surface area contributed by atoms with E-state index in [4.69, 9.17) is 0 Å². The monoisotopic (exact) mass is 335 g/mol. The normalized spacial score (nSPS) is 10.3. The molecule has 4 rings (SSSR count). The van der Waals surface area contributed by atoms with Crippen molar-refractivity contribution in [2.24, 2.45) is 0 Å². The van der Waals surface area contributed by atoms with Gasteiger partial charge in [-0.05, 0) is 42.0 Å². The molecule has 0 radical (unpaired) electrons. The van der Waals surface area contributed by atoms with Gasteiger partial charge in [-0.15, -0.1) is 0 Å². The number of pyridine rings is 3. The molecule has 0 N–H and O–H groups in total. The average Bonchev–Trinajstić information content (AvgIpc) is 2.74. The maximum absolute atomic E-state index is 4.61. The van der Waals surface area contributed by atoms with Crippen LogP contribution in [0.2, 0.25) is 0 Å². The minimum atomic E-state index is 0.871. The molecule has 0 spiro atoms. The van der Waals surface area contributed by atoms with Gasteiger partial charge in [-0.2, -0.15) is 0 Å². The van der Waals surface area contributed by atoms with Gasteiger partial charge in [0.05, 0.1) is 17.1 Å². The molecule has 0 amide bonds. The summed E-state index contributed by atoms with van der Waals surface area (Å²) in [6, 6.07) is 28.1. The van der Waals surface area contributed by atoms with E-state index in [9.17, 15) is 0 Å². The summed E-state index contributed by atoms with van der Waals surface area (Å²) in [6.45, 7) is 0. The molecule has 3 heterocycles. The first-order valence-electron chi connectivity index (χ1n) is 8.47. The lowest BCUT2D eigenvalue weighted by molar-refractivity contribution is 1.21. The van der Waals surface area contributed by atoms with Crippen LogP contribution in [-0.4, -0.2) is 15.0 Å². The molecule has 3 aromatic heterocycles. The quantitative estimate of drug-likeness (QED) is 0.533. The number of benzene rings is 1. The van der Waals surface area contributed by atoms with E-state index in [1.165, 1.54) is 0 Å². The van der Waals surface area contributed by atoms with Gasteiger partial charge in [-0.1, -0.05) is 48.5 Å². The number of hydrogen-bond acceptors (Lipinski definition) is 3. The molecule has 4 aromatic rings. The van der Waals surface area contributed by atoms with E-state index in [0.29, 0.717) is 0 Å². The summed E-state index contributed by atoms with van der Waals surface area (Å²) in [5.41, 5.74) is 5.70. The first kappa shape index (κ1) is 15.9. The molecular weight excluding hydrogens is 318 g/mol. The Morgan fingerprint density at radius 2 is 0.846 bits per heavy atom. The summed E-state index contributed by atoms with van der Waals surface area (Å²) in [7, 11) is 0. The molecule has 0 fully saturated rings. The number of nitrogens with zero attached hydrogens (tertiary/aromatic N) is 3. The van der Waals surface area contributed by atoms with Crippen LogP contribution in [0.5, 0.6) is 0 Å². The maximum atomic E-state index is 4.61. The molecule has 3 heteroatoms. The number of rotatable bonds is 4. The van der Waals surface area contributed by atoms with Crippen LogP contribution in [0.1, 0.15) is 22.6 Å². The highest BCUT2D eigenvalue weighted by molar-refractivity contribution is 6.02. The Kier molecular flexibility index (Phi) is 4.61. The van der Waals surface area contributed by atoms with Crippen molar-refractivity contribution in [1.29, 1.82) is 0 Å². The predicted molar refractivity (Wildman–Crippen MR) is 104 cm³/mol. The molecule has 0 atom stereocenters. The summed E-state index contributed by atoms with van der Waals surface area (Å²) < 4.78 is 0. The summed E-state index contributed by atoms with van der Waals surface area (Å²) in [4.78, 5) is 13.8. The minimum Gasteiger partial charge on any atom is -0.256 e. The van der Waals surface area contributed by atoms with Gasteiger partial charge in [0.25, 0.3) is 0 Å². The van der Waals surface area contributed by atoms with Crippen molar-refractivity contribution in [3.63, 3.8) is 0 Å². The molecule has 0 aliphatic rings. The Labute approximate surface area is 152 Å². The van der Waals surface area contributed by atoms with Crippen molar-refractivity contribution in [3.05, 3.63) is 126 Å². The highest BCUT2D eigenvalue weighted by Gasteiger charge is 2.18. The van der Waals surface area contributed by atoms with Crippen molar-refractivity contribution < 1.29 is 0 Å². The Hall–Kier alpha value is -3.59. The van der Waals surface area contributed by atoms with Crippen LogP contribution in [0.4, 0.5) is 0 Å². The molecule has 0 saturated heterocycles. The summed E-state index contributed by atoms with van der Waals surface area (Å²) in [5, 5.41) is 0. The van der Waals surface area contributed by atoms with E-state index in [1.54, 1.807) is 12.4 Å². The molecule has 0 aliphatic heterocycles. The van der Waals surface area contributed by atoms with Crippen LogP contribution in [0.3, 0.4) is 0 Å². The van der Waals surface area contributed by atoms with Crippen molar-refractivity contribution in [3.8, 4) is 0 Å². The zero-order chi connectivity index (χ0) is 17.6. The highest BCUT2D eigenvalue weighted by atomic mass is 14.7. The zero-order valence-electron chi connectivity index (χ0n) is 14.2. The Morgan fingerprint density at radius 1 is 0.423 bits per heavy atom. The standard InChI is InChI=1S/C23H17N3/c1-2-10-18(11-3-1)22(19-12-4-7-15-24-19)23(20-13-5-8-16-25-20)21-14-6-9-17-26-21/h1-17H. The SMILES string of the molecule is c1ccc(C(=C(c2ccccn2)c2ccccn2)c2ccccn2)cc1. The third-order valence-electron chi connectivity index (χ3n) is 4.08.